The minimum absolute atomic E-state index is 0.233. The van der Waals surface area contributed by atoms with Crippen molar-refractivity contribution >= 4 is 34.2 Å². The van der Waals surface area contributed by atoms with Crippen LogP contribution in [0.15, 0.2) is 18.3 Å². The number of carbonyl (C=O) groups excluding carboxylic acids is 3. The van der Waals surface area contributed by atoms with Crippen molar-refractivity contribution in [3.05, 3.63) is 23.2 Å². The summed E-state index contributed by atoms with van der Waals surface area (Å²) in [5.74, 6) is -1.45. The van der Waals surface area contributed by atoms with E-state index in [1.165, 1.54) is 11.3 Å². The third-order valence-electron chi connectivity index (χ3n) is 3.77. The Morgan fingerprint density at radius 1 is 1.33 bits per heavy atom. The summed E-state index contributed by atoms with van der Waals surface area (Å²) in [6, 6.07) is 0. The van der Waals surface area contributed by atoms with Crippen LogP contribution in [0.1, 0.15) is 17.7 Å². The Morgan fingerprint density at radius 3 is 2.48 bits per heavy atom. The number of allylic oxidation sites excluding steroid dienone is 2. The number of fused-ring (bicyclic) bond motifs is 1. The number of rotatable bonds is 3. The molecule has 1 fully saturated rings. The molecule has 0 bridgehead atoms. The van der Waals surface area contributed by atoms with Gasteiger partial charge in [0.15, 0.2) is 5.13 Å². The number of amides is 3. The van der Waals surface area contributed by atoms with Crippen molar-refractivity contribution in [2.24, 2.45) is 11.8 Å². The highest BCUT2D eigenvalue weighted by Crippen LogP contribution is 2.34. The van der Waals surface area contributed by atoms with E-state index in [-0.39, 0.29) is 30.2 Å². The van der Waals surface area contributed by atoms with Crippen LogP contribution in [-0.2, 0) is 14.4 Å². The standard InChI is InChI=1S/C14H15N3O3S/c1-8-6-15-14(21-8)16-11(18)7-17-12(19)9-4-2-3-5-10(9)13(17)20/h2-3,6,9-10H,4-5,7H2,1H3,(H,15,16,18)/t9-,10-/m0/s1. The van der Waals surface area contributed by atoms with Crippen molar-refractivity contribution in [1.82, 2.24) is 9.88 Å². The molecule has 1 saturated heterocycles. The molecule has 0 saturated carbocycles. The lowest BCUT2D eigenvalue weighted by molar-refractivity contribution is -0.142. The van der Waals surface area contributed by atoms with Crippen LogP contribution in [0.3, 0.4) is 0 Å². The summed E-state index contributed by atoms with van der Waals surface area (Å²) in [6.45, 7) is 1.65. The predicted octanol–water partition coefficient (Wildman–Crippen LogP) is 1.34. The molecule has 1 aromatic rings. The lowest BCUT2D eigenvalue weighted by Gasteiger charge is -2.14. The van der Waals surface area contributed by atoms with E-state index in [0.717, 1.165) is 9.78 Å². The lowest BCUT2D eigenvalue weighted by atomic mass is 9.85. The normalized spacial score (nSPS) is 24.3. The molecule has 7 heteroatoms. The van der Waals surface area contributed by atoms with Gasteiger partial charge >= 0.3 is 0 Å². The van der Waals surface area contributed by atoms with Crippen molar-refractivity contribution in [1.29, 1.82) is 0 Å². The zero-order valence-corrected chi connectivity index (χ0v) is 12.4. The van der Waals surface area contributed by atoms with Crippen LogP contribution in [0, 0.1) is 18.8 Å². The fourth-order valence-corrected chi connectivity index (χ4v) is 3.42. The number of aryl methyl sites for hydroxylation is 1. The summed E-state index contributed by atoms with van der Waals surface area (Å²) in [6.07, 6.45) is 6.67. The maximum Gasteiger partial charge on any atom is 0.246 e. The molecule has 1 aliphatic carbocycles. The fraction of sp³-hybridized carbons (Fsp3) is 0.429. The number of nitrogens with one attached hydrogen (secondary N) is 1. The molecule has 3 rings (SSSR count). The van der Waals surface area contributed by atoms with Gasteiger partial charge in [-0.25, -0.2) is 4.98 Å². The van der Waals surface area contributed by atoms with Crippen LogP contribution in [-0.4, -0.2) is 34.2 Å². The van der Waals surface area contributed by atoms with E-state index < -0.39 is 5.91 Å². The van der Waals surface area contributed by atoms with Crippen molar-refractivity contribution in [3.63, 3.8) is 0 Å². The molecule has 21 heavy (non-hydrogen) atoms. The SMILES string of the molecule is Cc1cnc(NC(=O)CN2C(=O)[C@H]3CC=CC[C@@H]3C2=O)s1. The molecule has 6 nitrogen and oxygen atoms in total. The van der Waals surface area contributed by atoms with Crippen molar-refractivity contribution < 1.29 is 14.4 Å². The quantitative estimate of drug-likeness (QED) is 0.675. The van der Waals surface area contributed by atoms with E-state index in [1.54, 1.807) is 6.20 Å². The monoisotopic (exact) mass is 305 g/mol. The molecule has 0 spiro atoms. The first kappa shape index (κ1) is 13.9. The highest BCUT2D eigenvalue weighted by Gasteiger charge is 2.47. The van der Waals surface area contributed by atoms with E-state index in [0.29, 0.717) is 18.0 Å². The highest BCUT2D eigenvalue weighted by atomic mass is 32.1. The Balaban J connectivity index is 1.66. The molecular weight excluding hydrogens is 290 g/mol. The van der Waals surface area contributed by atoms with Crippen LogP contribution in [0.5, 0.6) is 0 Å². The first-order valence-electron chi connectivity index (χ1n) is 6.79. The van der Waals surface area contributed by atoms with Gasteiger partial charge in [0.25, 0.3) is 0 Å². The molecule has 0 unspecified atom stereocenters. The average molecular weight is 305 g/mol. The molecule has 1 aromatic heterocycles. The van der Waals surface area contributed by atoms with Gasteiger partial charge in [-0.1, -0.05) is 12.2 Å². The van der Waals surface area contributed by atoms with Crippen molar-refractivity contribution in [2.75, 3.05) is 11.9 Å². The van der Waals surface area contributed by atoms with Gasteiger partial charge in [0.1, 0.15) is 6.54 Å². The van der Waals surface area contributed by atoms with Gasteiger partial charge in [0, 0.05) is 11.1 Å². The maximum atomic E-state index is 12.2. The van der Waals surface area contributed by atoms with Crippen LogP contribution in [0.4, 0.5) is 5.13 Å². The summed E-state index contributed by atoms with van der Waals surface area (Å²) in [7, 11) is 0. The van der Waals surface area contributed by atoms with Gasteiger partial charge < -0.3 is 5.32 Å². The first-order chi connectivity index (χ1) is 10.1. The molecule has 2 aliphatic rings. The van der Waals surface area contributed by atoms with Crippen LogP contribution in [0.2, 0.25) is 0 Å². The third-order valence-corrected chi connectivity index (χ3v) is 4.60. The second kappa shape index (κ2) is 5.40. The molecule has 2 heterocycles. The summed E-state index contributed by atoms with van der Waals surface area (Å²) in [5.41, 5.74) is 0. The second-order valence-corrected chi connectivity index (χ2v) is 6.48. The van der Waals surface area contributed by atoms with Gasteiger partial charge in [-0.05, 0) is 19.8 Å². The predicted molar refractivity (Wildman–Crippen MR) is 77.6 cm³/mol. The first-order valence-corrected chi connectivity index (χ1v) is 7.60. The zero-order chi connectivity index (χ0) is 15.0. The van der Waals surface area contributed by atoms with Crippen LogP contribution < -0.4 is 5.32 Å². The molecule has 3 amide bonds. The molecule has 1 aliphatic heterocycles. The number of imide groups is 1. The molecule has 1 N–H and O–H groups in total. The molecule has 0 radical (unpaired) electrons. The Hall–Kier alpha value is -2.02. The molecule has 0 aromatic carbocycles. The third kappa shape index (κ3) is 2.61. The smallest absolute Gasteiger partial charge is 0.246 e. The highest BCUT2D eigenvalue weighted by molar-refractivity contribution is 7.15. The van der Waals surface area contributed by atoms with Crippen LogP contribution in [0.25, 0.3) is 0 Å². The summed E-state index contributed by atoms with van der Waals surface area (Å²) >= 11 is 1.35. The van der Waals surface area contributed by atoms with E-state index in [1.807, 2.05) is 19.1 Å². The second-order valence-electron chi connectivity index (χ2n) is 5.24. The van der Waals surface area contributed by atoms with Gasteiger partial charge in [-0.2, -0.15) is 0 Å². The summed E-state index contributed by atoms with van der Waals surface area (Å²) in [5, 5.41) is 3.10. The Labute approximate surface area is 125 Å². The Bertz CT molecular complexity index is 611. The number of likely N-dealkylation sites (tertiary alicyclic amines) is 1. The molecule has 110 valence electrons. The van der Waals surface area contributed by atoms with Crippen LogP contribution >= 0.6 is 11.3 Å². The fourth-order valence-electron chi connectivity index (χ4n) is 2.74. The Morgan fingerprint density at radius 2 is 1.95 bits per heavy atom. The molecular formula is C14H15N3O3S. The number of carbonyl (C=O) groups is 3. The average Bonchev–Trinajstić information content (AvgIpc) is 2.97. The van der Waals surface area contributed by atoms with Crippen molar-refractivity contribution in [2.45, 2.75) is 19.8 Å². The largest absolute Gasteiger partial charge is 0.300 e. The lowest BCUT2D eigenvalue weighted by Crippen LogP contribution is -2.38. The minimum atomic E-state index is -0.391. The topological polar surface area (TPSA) is 79.4 Å². The van der Waals surface area contributed by atoms with E-state index in [9.17, 15) is 14.4 Å². The summed E-state index contributed by atoms with van der Waals surface area (Å²) < 4.78 is 0. The van der Waals surface area contributed by atoms with Gasteiger partial charge in [0.05, 0.1) is 11.8 Å². The molecule has 2 atom stereocenters. The number of anilines is 1. The maximum absolute atomic E-state index is 12.2. The Kier molecular flexibility index (Phi) is 3.59. The van der Waals surface area contributed by atoms with Gasteiger partial charge in [-0.15, -0.1) is 11.3 Å². The van der Waals surface area contributed by atoms with Crippen molar-refractivity contribution in [3.8, 4) is 0 Å². The number of nitrogens with zero attached hydrogens (tertiary/aromatic N) is 2. The van der Waals surface area contributed by atoms with Gasteiger partial charge in [0.2, 0.25) is 17.7 Å². The van der Waals surface area contributed by atoms with E-state index >= 15 is 0 Å². The number of aromatic nitrogens is 1. The zero-order valence-electron chi connectivity index (χ0n) is 11.5. The number of hydrogen-bond acceptors (Lipinski definition) is 5. The number of thiazole rings is 1. The van der Waals surface area contributed by atoms with Gasteiger partial charge in [-0.3, -0.25) is 19.3 Å². The minimum Gasteiger partial charge on any atom is -0.300 e. The van der Waals surface area contributed by atoms with E-state index in [4.69, 9.17) is 0 Å². The number of hydrogen-bond donors (Lipinski definition) is 1. The van der Waals surface area contributed by atoms with E-state index in [2.05, 4.69) is 10.3 Å². The summed E-state index contributed by atoms with van der Waals surface area (Å²) in [4.78, 5) is 42.5.